The van der Waals surface area contributed by atoms with Gasteiger partial charge >= 0.3 is 15.6 Å². The van der Waals surface area contributed by atoms with Gasteiger partial charge in [-0.25, -0.2) is 24.1 Å². The van der Waals surface area contributed by atoms with Gasteiger partial charge in [0.1, 0.15) is 36.6 Å². The topological polar surface area (TPSA) is 336 Å². The summed E-state index contributed by atoms with van der Waals surface area (Å²) in [7, 11) is -10.2. The summed E-state index contributed by atoms with van der Waals surface area (Å²) in [6.07, 6.45) is -9.48. The maximum atomic E-state index is 13.2. The molecule has 0 bridgehead atoms. The summed E-state index contributed by atoms with van der Waals surface area (Å²) in [5, 5.41) is 22.4. The molecular weight excluding hydrogens is 690 g/mol. The number of aliphatic imine (C=N–C) groups is 1. The second kappa shape index (κ2) is 12.0. The van der Waals surface area contributed by atoms with Gasteiger partial charge in [0.2, 0.25) is 11.9 Å². The Morgan fingerprint density at radius 3 is 1.85 bits per heavy atom. The lowest BCUT2D eigenvalue weighted by Crippen LogP contribution is -2.39. The molecular formula is C22H26N10O14P2. The van der Waals surface area contributed by atoms with Crippen molar-refractivity contribution in [3.05, 3.63) is 33.4 Å². The van der Waals surface area contributed by atoms with Gasteiger partial charge in [-0.2, -0.15) is 9.97 Å². The van der Waals surface area contributed by atoms with E-state index < -0.39 is 89.1 Å². The summed E-state index contributed by atoms with van der Waals surface area (Å²) >= 11 is 0. The fourth-order valence-electron chi connectivity index (χ4n) is 5.54. The van der Waals surface area contributed by atoms with Gasteiger partial charge in [-0.05, 0) is 6.92 Å². The first-order chi connectivity index (χ1) is 22.7. The number of hydrogen-bond acceptors (Lipinski definition) is 18. The van der Waals surface area contributed by atoms with Crippen LogP contribution in [0.1, 0.15) is 19.4 Å². The minimum absolute atomic E-state index is 0.0806. The number of nitrogen functional groups attached to an aromatic ring is 1. The zero-order valence-electron chi connectivity index (χ0n) is 24.2. The first-order valence-corrected chi connectivity index (χ1v) is 16.9. The van der Waals surface area contributed by atoms with Gasteiger partial charge in [-0.3, -0.25) is 46.8 Å². The van der Waals surface area contributed by atoms with Crippen molar-refractivity contribution >= 4 is 56.1 Å². The van der Waals surface area contributed by atoms with Crippen LogP contribution in [0.25, 0.3) is 22.3 Å². The van der Waals surface area contributed by atoms with Gasteiger partial charge < -0.3 is 35.2 Å². The number of phosphoric acid groups is 2. The molecule has 0 aliphatic carbocycles. The number of aromatic amines is 2. The van der Waals surface area contributed by atoms with E-state index in [0.717, 1.165) is 21.8 Å². The maximum absolute atomic E-state index is 13.2. The summed E-state index contributed by atoms with van der Waals surface area (Å²) in [6.45, 7) is -0.148. The molecule has 3 aliphatic heterocycles. The van der Waals surface area contributed by atoms with Crippen molar-refractivity contribution < 1.29 is 56.7 Å². The summed E-state index contributed by atoms with van der Waals surface area (Å²) in [5.41, 5.74) is 3.77. The van der Waals surface area contributed by atoms with E-state index in [1.54, 1.807) is 6.92 Å². The zero-order chi connectivity index (χ0) is 34.1. The summed E-state index contributed by atoms with van der Waals surface area (Å²) < 4.78 is 60.9. The van der Waals surface area contributed by atoms with Crippen molar-refractivity contribution in [3.8, 4) is 0 Å². The van der Waals surface area contributed by atoms with Crippen molar-refractivity contribution in [2.75, 3.05) is 18.9 Å². The summed E-state index contributed by atoms with van der Waals surface area (Å²) in [5.74, 6) is -0.368. The number of rotatable bonds is 3. The van der Waals surface area contributed by atoms with E-state index in [9.17, 15) is 38.7 Å². The minimum Gasteiger partial charge on any atom is -0.386 e. The number of nitrogens with one attached hydrogen (secondary N) is 2. The number of phosphoric ester groups is 2. The van der Waals surface area contributed by atoms with Gasteiger partial charge in [-0.1, -0.05) is 0 Å². The van der Waals surface area contributed by atoms with Crippen molar-refractivity contribution in [2.24, 2.45) is 4.99 Å². The monoisotopic (exact) mass is 716 g/mol. The molecule has 10 atom stereocenters. The van der Waals surface area contributed by atoms with E-state index in [-0.39, 0.29) is 34.2 Å². The third-order valence-electron chi connectivity index (χ3n) is 7.60. The molecule has 48 heavy (non-hydrogen) atoms. The number of aliphatic hydroxyl groups excluding tert-OH is 2. The fraction of sp³-hybridized carbons (Fsp3) is 0.500. The van der Waals surface area contributed by atoms with E-state index in [1.165, 1.54) is 6.21 Å². The van der Waals surface area contributed by atoms with Gasteiger partial charge in [0, 0.05) is 6.21 Å². The van der Waals surface area contributed by atoms with Crippen LogP contribution in [-0.4, -0.2) is 115 Å². The average Bonchev–Trinajstić information content (AvgIpc) is 3.76. The van der Waals surface area contributed by atoms with Crippen LogP contribution in [0.2, 0.25) is 0 Å². The van der Waals surface area contributed by atoms with Crippen LogP contribution in [0.3, 0.4) is 0 Å². The van der Waals surface area contributed by atoms with E-state index in [1.807, 2.05) is 0 Å². The van der Waals surface area contributed by atoms with Crippen molar-refractivity contribution in [3.63, 3.8) is 0 Å². The Bertz CT molecular complexity index is 2130. The number of nitrogens with two attached hydrogens (primary N) is 1. The van der Waals surface area contributed by atoms with Crippen LogP contribution >= 0.6 is 15.6 Å². The first-order valence-electron chi connectivity index (χ1n) is 13.9. The van der Waals surface area contributed by atoms with E-state index in [2.05, 4.69) is 34.9 Å². The Kier molecular flexibility index (Phi) is 8.17. The Hall–Kier alpha value is -3.77. The molecule has 0 radical (unpaired) electrons. The summed E-state index contributed by atoms with van der Waals surface area (Å²) in [4.78, 5) is 70.7. The van der Waals surface area contributed by atoms with Crippen molar-refractivity contribution in [1.29, 1.82) is 0 Å². The van der Waals surface area contributed by atoms with E-state index in [4.69, 9.17) is 33.3 Å². The molecule has 7 rings (SSSR count). The quantitative estimate of drug-likeness (QED) is 0.0898. The number of aromatic nitrogens is 8. The second-order valence-electron chi connectivity index (χ2n) is 10.7. The highest BCUT2D eigenvalue weighted by molar-refractivity contribution is 7.47. The predicted octanol–water partition coefficient (Wildman–Crippen LogP) is -1.91. The maximum Gasteiger partial charge on any atom is 0.472 e. The number of imidazole rings is 2. The zero-order valence-corrected chi connectivity index (χ0v) is 26.0. The van der Waals surface area contributed by atoms with Crippen LogP contribution in [0, 0.1) is 0 Å². The van der Waals surface area contributed by atoms with Crippen LogP contribution in [0.5, 0.6) is 0 Å². The van der Waals surface area contributed by atoms with Gasteiger partial charge in [-0.15, -0.1) is 0 Å². The molecule has 3 fully saturated rings. The molecule has 0 aromatic carbocycles. The number of aliphatic hydroxyl groups is 2. The lowest BCUT2D eigenvalue weighted by atomic mass is 10.1. The van der Waals surface area contributed by atoms with E-state index >= 15 is 0 Å². The molecule has 3 saturated heterocycles. The molecule has 4 aromatic heterocycles. The molecule has 8 N–H and O–H groups in total. The number of ether oxygens (including phenoxy) is 2. The highest BCUT2D eigenvalue weighted by atomic mass is 31.2. The molecule has 3 aliphatic rings. The summed E-state index contributed by atoms with van der Waals surface area (Å²) in [6, 6.07) is 0. The number of H-pyrrole nitrogens is 2. The first kappa shape index (κ1) is 32.8. The van der Waals surface area contributed by atoms with Crippen molar-refractivity contribution in [1.82, 2.24) is 39.0 Å². The number of nitrogens with zero attached hydrogens (tertiary/aromatic N) is 7. The number of anilines is 1. The molecule has 0 spiro atoms. The van der Waals surface area contributed by atoms with Gasteiger partial charge in [0.05, 0.1) is 25.9 Å². The highest BCUT2D eigenvalue weighted by Crippen LogP contribution is 2.53. The SMILES string of the molecule is CC=Nc1nc2c(ncn2[C@@H]2O[C@@H]3COP(=O)(O)OC4[C@@H](COP(=O)(O)OC3[C@@H]2O)O[C@@H](n2cnc3c(=O)[nH]c(N)nc32)[C@H]4O)c(=O)[nH]1. The predicted molar refractivity (Wildman–Crippen MR) is 156 cm³/mol. The van der Waals surface area contributed by atoms with Crippen LogP contribution in [-0.2, 0) is 36.7 Å². The molecule has 4 aromatic rings. The molecule has 24 nitrogen and oxygen atoms in total. The van der Waals surface area contributed by atoms with Crippen LogP contribution in [0.15, 0.2) is 27.2 Å². The Labute approximate surface area is 265 Å². The average molecular weight is 716 g/mol. The fourth-order valence-corrected chi connectivity index (χ4v) is 7.47. The van der Waals surface area contributed by atoms with Crippen LogP contribution < -0.4 is 16.9 Å². The van der Waals surface area contributed by atoms with Gasteiger partial charge in [0.25, 0.3) is 11.1 Å². The standard InChI is InChI=1S/C22H26N10O14P2/c1-2-24-22-28-16-10(18(36)30-22)26-6-32(16)20-12(34)14-8(44-20)4-42-47(37,38)45-13-7(3-41-48(39,40)46-14)43-19(11(13)33)31-5-25-9-15(31)27-21(23)29-17(9)35/h2,5-8,11-14,19-20,33-34H,3-4H2,1H3,(H,37,38)(H,39,40)(H,28,30,36)(H3,23,27,29,35)/t7-,8-,11+,12+,13?,14?,19-,20-/m1/s1. The number of fused-ring (bicyclic) bond motifs is 4. The Morgan fingerprint density at radius 1 is 0.875 bits per heavy atom. The van der Waals surface area contributed by atoms with E-state index in [0.29, 0.717) is 0 Å². The normalized spacial score (nSPS) is 36.3. The third kappa shape index (κ3) is 5.80. The molecule has 0 amide bonds. The third-order valence-corrected chi connectivity index (χ3v) is 9.57. The Balaban J connectivity index is 1.17. The molecule has 26 heteroatoms. The van der Waals surface area contributed by atoms with Gasteiger partial charge in [0.15, 0.2) is 34.8 Å². The highest BCUT2D eigenvalue weighted by Gasteiger charge is 2.54. The van der Waals surface area contributed by atoms with Crippen LogP contribution in [0.4, 0.5) is 11.9 Å². The second-order valence-corrected chi connectivity index (χ2v) is 13.5. The number of hydrogen-bond donors (Lipinski definition) is 7. The molecule has 7 heterocycles. The Morgan fingerprint density at radius 2 is 1.35 bits per heavy atom. The van der Waals surface area contributed by atoms with Crippen molar-refractivity contribution in [2.45, 2.75) is 56.0 Å². The lowest BCUT2D eigenvalue weighted by Gasteiger charge is -2.27. The largest absolute Gasteiger partial charge is 0.472 e. The smallest absolute Gasteiger partial charge is 0.386 e. The molecule has 258 valence electrons. The molecule has 0 saturated carbocycles. The minimum atomic E-state index is -5.11. The molecule has 4 unspecified atom stereocenters. The lowest BCUT2D eigenvalue weighted by molar-refractivity contribution is -0.0664.